The first-order chi connectivity index (χ1) is 16.1. The van der Waals surface area contributed by atoms with E-state index in [-0.39, 0.29) is 16.8 Å². The van der Waals surface area contributed by atoms with Gasteiger partial charge in [-0.15, -0.1) is 10.2 Å². The Morgan fingerprint density at radius 3 is 2.61 bits per heavy atom. The lowest BCUT2D eigenvalue weighted by atomic mass is 9.98. The third-order valence-corrected chi connectivity index (χ3v) is 6.61. The summed E-state index contributed by atoms with van der Waals surface area (Å²) in [5, 5.41) is 10.2. The van der Waals surface area contributed by atoms with Crippen molar-refractivity contribution in [3.63, 3.8) is 0 Å². The minimum absolute atomic E-state index is 0.0192. The lowest BCUT2D eigenvalue weighted by Crippen LogP contribution is -2.29. The van der Waals surface area contributed by atoms with Crippen LogP contribution in [0.1, 0.15) is 46.1 Å². The van der Waals surface area contributed by atoms with Crippen molar-refractivity contribution in [3.8, 4) is 11.5 Å². The van der Waals surface area contributed by atoms with Gasteiger partial charge < -0.3 is 13.9 Å². The molecule has 2 aromatic heterocycles. The standard InChI is InChI=1S/C24H21N3O5S/c1-4-7-18-25-26-24(33-18)27-20(13-10-11-16(30-2)17(12-13)31-3)19-21(28)14-8-5-6-9-15(14)32-22(19)23(27)29/h5-6,8-12,20H,4,7H2,1-3H3. The van der Waals surface area contributed by atoms with Crippen molar-refractivity contribution >= 4 is 33.3 Å². The number of aromatic nitrogens is 2. The zero-order valence-corrected chi connectivity index (χ0v) is 19.1. The Balaban J connectivity index is 1.76. The highest BCUT2D eigenvalue weighted by atomic mass is 32.1. The third kappa shape index (κ3) is 3.36. The molecule has 0 saturated carbocycles. The van der Waals surface area contributed by atoms with Crippen LogP contribution in [0.15, 0.2) is 51.7 Å². The van der Waals surface area contributed by atoms with Gasteiger partial charge in [0, 0.05) is 6.42 Å². The van der Waals surface area contributed by atoms with Crippen LogP contribution in [0.3, 0.4) is 0 Å². The van der Waals surface area contributed by atoms with E-state index in [0.717, 1.165) is 17.8 Å². The molecule has 1 unspecified atom stereocenters. The summed E-state index contributed by atoms with van der Waals surface area (Å²) in [6, 6.07) is 11.5. The van der Waals surface area contributed by atoms with Crippen molar-refractivity contribution < 1.29 is 18.7 Å². The molecule has 3 heterocycles. The Labute approximate surface area is 193 Å². The molecule has 0 N–H and O–H groups in total. The molecule has 0 fully saturated rings. The quantitative estimate of drug-likeness (QED) is 0.419. The maximum atomic E-state index is 13.6. The van der Waals surface area contributed by atoms with Gasteiger partial charge in [0.25, 0.3) is 5.91 Å². The van der Waals surface area contributed by atoms with E-state index in [1.54, 1.807) is 43.5 Å². The normalized spacial score (nSPS) is 15.2. The number of carbonyl (C=O) groups excluding carboxylic acids is 1. The number of hydrogen-bond acceptors (Lipinski definition) is 8. The number of nitrogens with zero attached hydrogens (tertiary/aromatic N) is 3. The van der Waals surface area contributed by atoms with Gasteiger partial charge >= 0.3 is 0 Å². The number of amides is 1. The first-order valence-corrected chi connectivity index (χ1v) is 11.3. The van der Waals surface area contributed by atoms with Crippen LogP contribution < -0.4 is 19.8 Å². The fourth-order valence-corrected chi connectivity index (χ4v) is 5.08. The number of hydrogen-bond donors (Lipinski definition) is 0. The summed E-state index contributed by atoms with van der Waals surface area (Å²) in [5.74, 6) is 0.631. The van der Waals surface area contributed by atoms with Crippen molar-refractivity contribution in [1.82, 2.24) is 10.2 Å². The predicted molar refractivity (Wildman–Crippen MR) is 125 cm³/mol. The number of anilines is 1. The van der Waals surface area contributed by atoms with E-state index in [1.165, 1.54) is 23.3 Å². The Kier molecular flexibility index (Phi) is 5.33. The second-order valence-electron chi connectivity index (χ2n) is 7.59. The highest BCUT2D eigenvalue weighted by Crippen LogP contribution is 2.44. The van der Waals surface area contributed by atoms with E-state index in [9.17, 15) is 9.59 Å². The van der Waals surface area contributed by atoms with Gasteiger partial charge in [0.2, 0.25) is 10.9 Å². The Hall–Kier alpha value is -3.72. The number of ether oxygens (including phenoxy) is 2. The molecule has 9 heteroatoms. The minimum Gasteiger partial charge on any atom is -0.493 e. The summed E-state index contributed by atoms with van der Waals surface area (Å²) in [6.07, 6.45) is 1.67. The number of fused-ring (bicyclic) bond motifs is 2. The zero-order valence-electron chi connectivity index (χ0n) is 18.3. The molecule has 2 aromatic carbocycles. The van der Waals surface area contributed by atoms with E-state index in [0.29, 0.717) is 33.2 Å². The molecule has 0 radical (unpaired) electrons. The highest BCUT2D eigenvalue weighted by molar-refractivity contribution is 7.15. The van der Waals surface area contributed by atoms with Crippen LogP contribution in [-0.4, -0.2) is 30.3 Å². The SMILES string of the molecule is CCCc1nnc(N2C(=O)c3oc4ccccc4c(=O)c3C2c2ccc(OC)c(OC)c2)s1. The zero-order chi connectivity index (χ0) is 23.1. The monoisotopic (exact) mass is 463 g/mol. The summed E-state index contributed by atoms with van der Waals surface area (Å²) in [6.45, 7) is 2.05. The van der Waals surface area contributed by atoms with E-state index >= 15 is 0 Å². The molecule has 0 spiro atoms. The lowest BCUT2D eigenvalue weighted by Gasteiger charge is -2.23. The molecule has 1 atom stereocenters. The molecule has 1 aliphatic heterocycles. The third-order valence-electron chi connectivity index (χ3n) is 5.63. The smallest absolute Gasteiger partial charge is 0.297 e. The van der Waals surface area contributed by atoms with Crippen LogP contribution in [0.4, 0.5) is 5.13 Å². The molecule has 0 saturated heterocycles. The number of methoxy groups -OCH3 is 2. The van der Waals surface area contributed by atoms with Crippen molar-refractivity contribution in [2.75, 3.05) is 19.1 Å². The molecule has 4 aromatic rings. The average molecular weight is 464 g/mol. The van der Waals surface area contributed by atoms with Gasteiger partial charge in [-0.25, -0.2) is 0 Å². The van der Waals surface area contributed by atoms with E-state index in [2.05, 4.69) is 17.1 Å². The Bertz CT molecular complexity index is 1430. The average Bonchev–Trinajstić information content (AvgIpc) is 3.41. The molecular weight excluding hydrogens is 442 g/mol. The summed E-state index contributed by atoms with van der Waals surface area (Å²) in [7, 11) is 3.09. The van der Waals surface area contributed by atoms with Gasteiger partial charge in [0.1, 0.15) is 10.6 Å². The molecule has 1 amide bonds. The van der Waals surface area contributed by atoms with Crippen LogP contribution in [0, 0.1) is 0 Å². The fourth-order valence-electron chi connectivity index (χ4n) is 4.11. The van der Waals surface area contributed by atoms with Gasteiger partial charge in [0.05, 0.1) is 31.2 Å². The van der Waals surface area contributed by atoms with Crippen LogP contribution in [0.2, 0.25) is 0 Å². The predicted octanol–water partition coefficient (Wildman–Crippen LogP) is 4.36. The van der Waals surface area contributed by atoms with Gasteiger partial charge in [-0.1, -0.05) is 36.5 Å². The maximum Gasteiger partial charge on any atom is 0.297 e. The Morgan fingerprint density at radius 1 is 1.06 bits per heavy atom. The summed E-state index contributed by atoms with van der Waals surface area (Å²) < 4.78 is 16.8. The molecular formula is C24H21N3O5S. The number of aryl methyl sites for hydroxylation is 1. The van der Waals surface area contributed by atoms with Gasteiger partial charge in [-0.05, 0) is 36.2 Å². The summed E-state index contributed by atoms with van der Waals surface area (Å²) in [4.78, 5) is 28.7. The van der Waals surface area contributed by atoms with Gasteiger partial charge in [-0.2, -0.15) is 0 Å². The van der Waals surface area contributed by atoms with Crippen LogP contribution in [-0.2, 0) is 6.42 Å². The molecule has 0 aliphatic carbocycles. The minimum atomic E-state index is -0.740. The first kappa shape index (κ1) is 21.1. The molecule has 5 rings (SSSR count). The van der Waals surface area contributed by atoms with E-state index < -0.39 is 11.9 Å². The van der Waals surface area contributed by atoms with Crippen LogP contribution >= 0.6 is 11.3 Å². The van der Waals surface area contributed by atoms with E-state index in [4.69, 9.17) is 13.9 Å². The van der Waals surface area contributed by atoms with Crippen LogP contribution in [0.5, 0.6) is 11.5 Å². The molecule has 33 heavy (non-hydrogen) atoms. The topological polar surface area (TPSA) is 94.8 Å². The largest absolute Gasteiger partial charge is 0.493 e. The van der Waals surface area contributed by atoms with Gasteiger partial charge in [-0.3, -0.25) is 14.5 Å². The molecule has 0 bridgehead atoms. The number of benzene rings is 2. The second-order valence-corrected chi connectivity index (χ2v) is 8.63. The molecule has 168 valence electrons. The van der Waals surface area contributed by atoms with Crippen LogP contribution in [0.25, 0.3) is 11.0 Å². The van der Waals surface area contributed by atoms with Crippen molar-refractivity contribution in [2.24, 2.45) is 0 Å². The summed E-state index contributed by atoms with van der Waals surface area (Å²) in [5.41, 5.74) is 1.07. The first-order valence-electron chi connectivity index (χ1n) is 10.5. The number of rotatable bonds is 6. The van der Waals surface area contributed by atoms with Crippen molar-refractivity contribution in [3.05, 3.63) is 74.6 Å². The number of carbonyl (C=O) groups is 1. The number of para-hydroxylation sites is 1. The molecule has 8 nitrogen and oxygen atoms in total. The lowest BCUT2D eigenvalue weighted by molar-refractivity contribution is 0.0970. The fraction of sp³-hybridized carbons (Fsp3) is 0.250. The van der Waals surface area contributed by atoms with E-state index in [1.807, 2.05) is 6.07 Å². The van der Waals surface area contributed by atoms with Gasteiger partial charge in [0.15, 0.2) is 16.9 Å². The van der Waals surface area contributed by atoms with Crippen molar-refractivity contribution in [2.45, 2.75) is 25.8 Å². The Morgan fingerprint density at radius 2 is 1.85 bits per heavy atom. The highest BCUT2D eigenvalue weighted by Gasteiger charge is 2.45. The van der Waals surface area contributed by atoms with Crippen molar-refractivity contribution in [1.29, 1.82) is 0 Å². The second kappa shape index (κ2) is 8.32. The maximum absolute atomic E-state index is 13.6. The molecule has 1 aliphatic rings. The summed E-state index contributed by atoms with van der Waals surface area (Å²) >= 11 is 1.34.